The zero-order valence-electron chi connectivity index (χ0n) is 18.9. The van der Waals surface area contributed by atoms with Gasteiger partial charge in [-0.05, 0) is 94.9 Å². The molecule has 1 aliphatic carbocycles. The van der Waals surface area contributed by atoms with Gasteiger partial charge in [-0.1, -0.05) is 6.07 Å². The van der Waals surface area contributed by atoms with Crippen LogP contribution < -0.4 is 14.8 Å². The first-order valence-electron chi connectivity index (χ1n) is 10.5. The number of halogens is 2. The summed E-state index contributed by atoms with van der Waals surface area (Å²) in [6.07, 6.45) is 1.89. The molecule has 0 heterocycles. The van der Waals surface area contributed by atoms with Crippen molar-refractivity contribution in [2.75, 3.05) is 19.5 Å². The molecule has 174 valence electrons. The number of allylic oxidation sites excluding steroid dienone is 2. The molecule has 1 amide bonds. The summed E-state index contributed by atoms with van der Waals surface area (Å²) in [5, 5.41) is 13.0. The van der Waals surface area contributed by atoms with Crippen LogP contribution in [0, 0.1) is 11.6 Å². The van der Waals surface area contributed by atoms with E-state index in [4.69, 9.17) is 9.47 Å². The highest BCUT2D eigenvalue weighted by atomic mass is 19.1. The molecule has 0 aliphatic heterocycles. The molecule has 0 saturated carbocycles. The molecule has 2 N–H and O–H groups in total. The third-order valence-electron chi connectivity index (χ3n) is 5.73. The number of rotatable bonds is 6. The predicted octanol–water partition coefficient (Wildman–Crippen LogP) is 6.04. The van der Waals surface area contributed by atoms with Gasteiger partial charge in [-0.2, -0.15) is 0 Å². The number of carbonyl (C=O) groups is 1. The first kappa shape index (κ1) is 23.0. The Kier molecular flexibility index (Phi) is 6.36. The summed E-state index contributed by atoms with van der Waals surface area (Å²) in [6.45, 7) is 1.87. The quantitative estimate of drug-likeness (QED) is 0.467. The van der Waals surface area contributed by atoms with Crippen LogP contribution >= 0.6 is 0 Å². The summed E-state index contributed by atoms with van der Waals surface area (Å²) in [4.78, 5) is 12.8. The van der Waals surface area contributed by atoms with Gasteiger partial charge in [-0.15, -0.1) is 0 Å². The van der Waals surface area contributed by atoms with E-state index in [0.29, 0.717) is 22.4 Å². The van der Waals surface area contributed by atoms with Crippen LogP contribution in [0.15, 0.2) is 60.2 Å². The Morgan fingerprint density at radius 1 is 0.941 bits per heavy atom. The molecule has 0 atom stereocenters. The molecule has 0 spiro atoms. The van der Waals surface area contributed by atoms with E-state index >= 15 is 0 Å². The van der Waals surface area contributed by atoms with Gasteiger partial charge in [0, 0.05) is 5.69 Å². The van der Waals surface area contributed by atoms with Crippen LogP contribution in [0.25, 0.3) is 17.2 Å². The lowest BCUT2D eigenvalue weighted by Gasteiger charge is -2.11. The first-order chi connectivity index (χ1) is 16.3. The third kappa shape index (κ3) is 4.50. The smallest absolute Gasteiger partial charge is 0.228 e. The van der Waals surface area contributed by atoms with Crippen molar-refractivity contribution in [3.05, 3.63) is 88.5 Å². The minimum Gasteiger partial charge on any atom is -0.502 e. The second-order valence-electron chi connectivity index (χ2n) is 7.86. The Labute approximate surface area is 196 Å². The van der Waals surface area contributed by atoms with Crippen molar-refractivity contribution in [1.29, 1.82) is 0 Å². The Morgan fingerprint density at radius 2 is 1.56 bits per heavy atom. The number of phenolic OH excluding ortho intramolecular Hbond substituents is 1. The van der Waals surface area contributed by atoms with E-state index in [-0.39, 0.29) is 29.6 Å². The van der Waals surface area contributed by atoms with Crippen LogP contribution in [0.4, 0.5) is 14.5 Å². The third-order valence-corrected chi connectivity index (χ3v) is 5.73. The van der Waals surface area contributed by atoms with Crippen molar-refractivity contribution >= 4 is 28.8 Å². The molecule has 3 aromatic carbocycles. The largest absolute Gasteiger partial charge is 0.502 e. The highest BCUT2D eigenvalue weighted by Gasteiger charge is 2.26. The maximum absolute atomic E-state index is 14.1. The second-order valence-corrected chi connectivity index (χ2v) is 7.86. The zero-order valence-corrected chi connectivity index (χ0v) is 18.9. The maximum Gasteiger partial charge on any atom is 0.228 e. The summed E-state index contributed by atoms with van der Waals surface area (Å²) < 4.78 is 37.8. The van der Waals surface area contributed by atoms with Crippen LogP contribution in [0.1, 0.15) is 30.0 Å². The lowest BCUT2D eigenvalue weighted by atomic mass is 10.00. The molecular weight excluding hydrogens is 440 g/mol. The molecule has 0 unspecified atom stereocenters. The normalized spacial score (nSPS) is 13.7. The number of aromatic hydroxyl groups is 1. The number of phenols is 1. The molecule has 7 heteroatoms. The lowest BCUT2D eigenvalue weighted by molar-refractivity contribution is -0.115. The Hall–Kier alpha value is -4.13. The standard InChI is InChI=1S/C27H23F2NO4/c1-15-21(10-16-11-24(33-2)27(32)25(12-16)34-3)20-9-6-18(29)13-23(20)22(15)14-26(31)30-19-7-4-17(28)5-8-19/h4-13,32H,14H2,1-3H3,(H,30,31). The van der Waals surface area contributed by atoms with Crippen molar-refractivity contribution in [2.45, 2.75) is 13.3 Å². The van der Waals surface area contributed by atoms with E-state index in [1.807, 2.05) is 13.0 Å². The minimum atomic E-state index is -0.405. The van der Waals surface area contributed by atoms with Gasteiger partial charge in [-0.25, -0.2) is 8.78 Å². The summed E-state index contributed by atoms with van der Waals surface area (Å²) >= 11 is 0. The van der Waals surface area contributed by atoms with Crippen molar-refractivity contribution in [2.24, 2.45) is 0 Å². The fourth-order valence-corrected chi connectivity index (χ4v) is 4.04. The van der Waals surface area contributed by atoms with E-state index in [9.17, 15) is 18.7 Å². The molecule has 34 heavy (non-hydrogen) atoms. The Bertz CT molecular complexity index is 1300. The molecule has 0 fully saturated rings. The molecule has 0 bridgehead atoms. The number of nitrogens with one attached hydrogen (secondary N) is 1. The highest BCUT2D eigenvalue weighted by Crippen LogP contribution is 2.45. The number of fused-ring (bicyclic) bond motifs is 1. The zero-order chi connectivity index (χ0) is 24.4. The molecule has 0 radical (unpaired) electrons. The molecule has 0 saturated heterocycles. The number of anilines is 1. The van der Waals surface area contributed by atoms with E-state index in [1.165, 1.54) is 50.6 Å². The molecule has 5 nitrogen and oxygen atoms in total. The summed E-state index contributed by atoms with van der Waals surface area (Å²) in [5.41, 5.74) is 4.92. The number of hydrogen-bond donors (Lipinski definition) is 2. The number of benzene rings is 3. The van der Waals surface area contributed by atoms with Crippen LogP contribution in [-0.4, -0.2) is 25.2 Å². The lowest BCUT2D eigenvalue weighted by Crippen LogP contribution is -2.12. The fraction of sp³-hybridized carbons (Fsp3) is 0.148. The number of carbonyl (C=O) groups excluding carboxylic acids is 1. The first-order valence-corrected chi connectivity index (χ1v) is 10.5. The molecule has 3 aromatic rings. The topological polar surface area (TPSA) is 67.8 Å². The van der Waals surface area contributed by atoms with Crippen LogP contribution in [0.2, 0.25) is 0 Å². The monoisotopic (exact) mass is 463 g/mol. The van der Waals surface area contributed by atoms with E-state index in [1.54, 1.807) is 18.2 Å². The summed E-state index contributed by atoms with van der Waals surface area (Å²) in [7, 11) is 2.89. The van der Waals surface area contributed by atoms with Crippen molar-refractivity contribution in [3.8, 4) is 17.2 Å². The number of methoxy groups -OCH3 is 2. The summed E-state index contributed by atoms with van der Waals surface area (Å²) in [6, 6.07) is 13.3. The second kappa shape index (κ2) is 9.39. The fourth-order valence-electron chi connectivity index (χ4n) is 4.04. The predicted molar refractivity (Wildman–Crippen MR) is 128 cm³/mol. The Morgan fingerprint density at radius 3 is 2.18 bits per heavy atom. The van der Waals surface area contributed by atoms with Gasteiger partial charge in [-0.3, -0.25) is 4.79 Å². The minimum absolute atomic E-state index is 0.0131. The van der Waals surface area contributed by atoms with Gasteiger partial charge in [0.15, 0.2) is 11.5 Å². The van der Waals surface area contributed by atoms with Crippen molar-refractivity contribution < 1.29 is 28.2 Å². The number of ether oxygens (including phenoxy) is 2. The molecule has 0 aromatic heterocycles. The van der Waals surface area contributed by atoms with Crippen molar-refractivity contribution in [1.82, 2.24) is 0 Å². The Balaban J connectivity index is 1.73. The number of amides is 1. The van der Waals surface area contributed by atoms with Gasteiger partial charge in [0.25, 0.3) is 0 Å². The van der Waals surface area contributed by atoms with E-state index in [0.717, 1.165) is 16.7 Å². The molecular formula is C27H23F2NO4. The van der Waals surface area contributed by atoms with E-state index in [2.05, 4.69) is 5.32 Å². The van der Waals surface area contributed by atoms with Gasteiger partial charge in [0.1, 0.15) is 11.6 Å². The van der Waals surface area contributed by atoms with Crippen LogP contribution in [-0.2, 0) is 4.79 Å². The SMILES string of the molecule is COc1cc(C=C2C(C)=C(CC(=O)Nc3ccc(F)cc3)c3cc(F)ccc32)cc(OC)c1O. The van der Waals surface area contributed by atoms with Gasteiger partial charge in [0.05, 0.1) is 20.6 Å². The van der Waals surface area contributed by atoms with E-state index < -0.39 is 11.6 Å². The van der Waals surface area contributed by atoms with Gasteiger partial charge >= 0.3 is 0 Å². The molecule has 1 aliphatic rings. The highest BCUT2D eigenvalue weighted by molar-refractivity contribution is 6.10. The average Bonchev–Trinajstić information content (AvgIpc) is 3.06. The van der Waals surface area contributed by atoms with Gasteiger partial charge in [0.2, 0.25) is 11.7 Å². The van der Waals surface area contributed by atoms with Crippen molar-refractivity contribution in [3.63, 3.8) is 0 Å². The van der Waals surface area contributed by atoms with Crippen LogP contribution in [0.5, 0.6) is 17.2 Å². The molecule has 4 rings (SSSR count). The maximum atomic E-state index is 14.1. The number of hydrogen-bond acceptors (Lipinski definition) is 4. The van der Waals surface area contributed by atoms with Crippen LogP contribution in [0.3, 0.4) is 0 Å². The van der Waals surface area contributed by atoms with Gasteiger partial charge < -0.3 is 19.9 Å². The average molecular weight is 463 g/mol. The summed E-state index contributed by atoms with van der Waals surface area (Å²) in [5.74, 6) is -0.698.